The fourth-order valence-corrected chi connectivity index (χ4v) is 2.21. The molecule has 0 saturated heterocycles. The molecule has 2 nitrogen and oxygen atoms in total. The van der Waals surface area contributed by atoms with E-state index in [4.69, 9.17) is 5.73 Å². The van der Waals surface area contributed by atoms with Gasteiger partial charge in [-0.05, 0) is 56.0 Å². The Labute approximate surface area is 115 Å². The summed E-state index contributed by atoms with van der Waals surface area (Å²) in [5.74, 6) is 0. The van der Waals surface area contributed by atoms with E-state index < -0.39 is 0 Å². The fourth-order valence-electron chi connectivity index (χ4n) is 2.21. The summed E-state index contributed by atoms with van der Waals surface area (Å²) in [7, 11) is 0. The summed E-state index contributed by atoms with van der Waals surface area (Å²) in [4.78, 5) is 0. The van der Waals surface area contributed by atoms with Gasteiger partial charge in [0.1, 0.15) is 0 Å². The van der Waals surface area contributed by atoms with Gasteiger partial charge in [0.05, 0.1) is 0 Å². The smallest absolute Gasteiger partial charge is 0.0373 e. The number of aryl methyl sites for hydroxylation is 2. The Morgan fingerprint density at radius 2 is 1.84 bits per heavy atom. The lowest BCUT2D eigenvalue weighted by Crippen LogP contribution is -2.16. The molecule has 2 aromatic rings. The van der Waals surface area contributed by atoms with Gasteiger partial charge in [0.25, 0.3) is 0 Å². The van der Waals surface area contributed by atoms with E-state index in [9.17, 15) is 0 Å². The molecule has 100 valence electrons. The van der Waals surface area contributed by atoms with E-state index in [0.29, 0.717) is 6.04 Å². The molecule has 2 heteroatoms. The van der Waals surface area contributed by atoms with Crippen LogP contribution < -0.4 is 11.1 Å². The van der Waals surface area contributed by atoms with E-state index in [1.54, 1.807) is 0 Å². The van der Waals surface area contributed by atoms with Crippen molar-refractivity contribution in [3.8, 4) is 0 Å². The predicted octanol–water partition coefficient (Wildman–Crippen LogP) is 4.01. The van der Waals surface area contributed by atoms with E-state index in [-0.39, 0.29) is 0 Å². The fraction of sp³-hybridized carbons (Fsp3) is 0.294. The number of hydrogen-bond donors (Lipinski definition) is 2. The highest BCUT2D eigenvalue weighted by atomic mass is 14.9. The molecule has 0 aliphatic carbocycles. The molecule has 0 aromatic heterocycles. The maximum atomic E-state index is 5.77. The minimum absolute atomic E-state index is 0.447. The molecule has 0 heterocycles. The van der Waals surface area contributed by atoms with Crippen molar-refractivity contribution in [2.45, 2.75) is 32.7 Å². The molecule has 1 atom stereocenters. The number of benzene rings is 2. The lowest BCUT2D eigenvalue weighted by atomic mass is 10.1. The van der Waals surface area contributed by atoms with Crippen LogP contribution >= 0.6 is 0 Å². The van der Waals surface area contributed by atoms with E-state index in [1.807, 2.05) is 12.1 Å². The summed E-state index contributed by atoms with van der Waals surface area (Å²) in [6, 6.07) is 17.1. The Kier molecular flexibility index (Phi) is 4.45. The number of hydrogen-bond acceptors (Lipinski definition) is 2. The van der Waals surface area contributed by atoms with Crippen LogP contribution in [0.1, 0.15) is 24.5 Å². The maximum absolute atomic E-state index is 5.77. The predicted molar refractivity (Wildman–Crippen MR) is 83.4 cm³/mol. The zero-order valence-corrected chi connectivity index (χ0v) is 11.7. The topological polar surface area (TPSA) is 38.0 Å². The molecule has 0 saturated carbocycles. The van der Waals surface area contributed by atoms with Crippen molar-refractivity contribution in [1.82, 2.24) is 0 Å². The van der Waals surface area contributed by atoms with Gasteiger partial charge in [-0.1, -0.05) is 30.3 Å². The SMILES string of the molecule is Cc1cc(N)ccc1NC(C)CCc1ccccc1. The van der Waals surface area contributed by atoms with Gasteiger partial charge in [-0.15, -0.1) is 0 Å². The summed E-state index contributed by atoms with van der Waals surface area (Å²) in [5, 5.41) is 3.55. The normalized spacial score (nSPS) is 12.1. The number of rotatable bonds is 5. The third-order valence-corrected chi connectivity index (χ3v) is 3.36. The molecule has 2 rings (SSSR count). The van der Waals surface area contributed by atoms with Gasteiger partial charge in [0.15, 0.2) is 0 Å². The Hall–Kier alpha value is -1.96. The van der Waals surface area contributed by atoms with Crippen molar-refractivity contribution in [2.24, 2.45) is 0 Å². The lowest BCUT2D eigenvalue weighted by Gasteiger charge is -2.17. The van der Waals surface area contributed by atoms with Crippen LogP contribution in [0.25, 0.3) is 0 Å². The third-order valence-electron chi connectivity index (χ3n) is 3.36. The molecule has 2 aromatic carbocycles. The highest BCUT2D eigenvalue weighted by molar-refractivity contribution is 5.57. The zero-order valence-electron chi connectivity index (χ0n) is 11.7. The van der Waals surface area contributed by atoms with Gasteiger partial charge in [-0.25, -0.2) is 0 Å². The van der Waals surface area contributed by atoms with Crippen LogP contribution in [0.3, 0.4) is 0 Å². The van der Waals surface area contributed by atoms with Gasteiger partial charge in [-0.3, -0.25) is 0 Å². The van der Waals surface area contributed by atoms with Crippen molar-refractivity contribution in [1.29, 1.82) is 0 Å². The summed E-state index contributed by atoms with van der Waals surface area (Å²) < 4.78 is 0. The molecule has 3 N–H and O–H groups in total. The van der Waals surface area contributed by atoms with Crippen molar-refractivity contribution in [2.75, 3.05) is 11.1 Å². The van der Waals surface area contributed by atoms with Crippen molar-refractivity contribution in [3.63, 3.8) is 0 Å². The van der Waals surface area contributed by atoms with Gasteiger partial charge in [0.2, 0.25) is 0 Å². The molecule has 0 bridgehead atoms. The van der Waals surface area contributed by atoms with E-state index in [0.717, 1.165) is 18.5 Å². The monoisotopic (exact) mass is 254 g/mol. The maximum Gasteiger partial charge on any atom is 0.0373 e. The summed E-state index contributed by atoms with van der Waals surface area (Å²) in [6.07, 6.45) is 2.22. The second kappa shape index (κ2) is 6.28. The Bertz CT molecular complexity index is 520. The average molecular weight is 254 g/mol. The Balaban J connectivity index is 1.89. The van der Waals surface area contributed by atoms with Gasteiger partial charge >= 0.3 is 0 Å². The minimum atomic E-state index is 0.447. The van der Waals surface area contributed by atoms with E-state index in [1.165, 1.54) is 16.8 Å². The minimum Gasteiger partial charge on any atom is -0.399 e. The zero-order chi connectivity index (χ0) is 13.7. The van der Waals surface area contributed by atoms with Crippen molar-refractivity contribution in [3.05, 3.63) is 59.7 Å². The lowest BCUT2D eigenvalue weighted by molar-refractivity contribution is 0.705. The molecule has 0 amide bonds. The molecular weight excluding hydrogens is 232 g/mol. The summed E-state index contributed by atoms with van der Waals surface area (Å²) in [6.45, 7) is 4.31. The van der Waals surface area contributed by atoms with Crippen LogP contribution in [0.4, 0.5) is 11.4 Å². The van der Waals surface area contributed by atoms with Crippen LogP contribution in [0.5, 0.6) is 0 Å². The first-order valence-corrected chi connectivity index (χ1v) is 6.82. The molecule has 1 unspecified atom stereocenters. The number of anilines is 2. The van der Waals surface area contributed by atoms with Crippen LogP contribution in [0, 0.1) is 6.92 Å². The summed E-state index contributed by atoms with van der Waals surface area (Å²) >= 11 is 0. The van der Waals surface area contributed by atoms with Crippen molar-refractivity contribution < 1.29 is 0 Å². The van der Waals surface area contributed by atoms with Crippen LogP contribution in [-0.2, 0) is 6.42 Å². The second-order valence-electron chi connectivity index (χ2n) is 5.14. The highest BCUT2D eigenvalue weighted by Crippen LogP contribution is 2.19. The second-order valence-corrected chi connectivity index (χ2v) is 5.14. The number of nitrogens with one attached hydrogen (secondary N) is 1. The number of nitrogens with two attached hydrogens (primary N) is 1. The Morgan fingerprint density at radius 3 is 2.53 bits per heavy atom. The van der Waals surface area contributed by atoms with Gasteiger partial charge in [-0.2, -0.15) is 0 Å². The molecule has 0 fully saturated rings. The quantitative estimate of drug-likeness (QED) is 0.791. The molecule has 19 heavy (non-hydrogen) atoms. The first kappa shape index (κ1) is 13.5. The standard InChI is InChI=1S/C17H22N2/c1-13-12-16(18)10-11-17(13)19-14(2)8-9-15-6-4-3-5-7-15/h3-7,10-12,14,19H,8-9,18H2,1-2H3. The molecule has 0 spiro atoms. The van der Waals surface area contributed by atoms with Gasteiger partial charge in [0, 0.05) is 17.4 Å². The van der Waals surface area contributed by atoms with Crippen LogP contribution in [0.2, 0.25) is 0 Å². The molecule has 0 radical (unpaired) electrons. The van der Waals surface area contributed by atoms with Crippen LogP contribution in [-0.4, -0.2) is 6.04 Å². The highest BCUT2D eigenvalue weighted by Gasteiger charge is 2.05. The number of nitrogen functional groups attached to an aromatic ring is 1. The summed E-state index contributed by atoms with van der Waals surface area (Å²) in [5.41, 5.74) is 10.4. The van der Waals surface area contributed by atoms with Crippen molar-refractivity contribution >= 4 is 11.4 Å². The largest absolute Gasteiger partial charge is 0.399 e. The Morgan fingerprint density at radius 1 is 1.11 bits per heavy atom. The molecule has 0 aliphatic heterocycles. The first-order chi connectivity index (χ1) is 9.15. The van der Waals surface area contributed by atoms with Crippen LogP contribution in [0.15, 0.2) is 48.5 Å². The molecule has 0 aliphatic rings. The molecular formula is C17H22N2. The first-order valence-electron chi connectivity index (χ1n) is 6.82. The van der Waals surface area contributed by atoms with Gasteiger partial charge < -0.3 is 11.1 Å². The van der Waals surface area contributed by atoms with E-state index in [2.05, 4.69) is 55.6 Å². The average Bonchev–Trinajstić information content (AvgIpc) is 2.41. The third kappa shape index (κ3) is 4.02. The van der Waals surface area contributed by atoms with E-state index >= 15 is 0 Å².